The lowest BCUT2D eigenvalue weighted by Crippen LogP contribution is -2.39. The fraction of sp³-hybridized carbons (Fsp3) is 0.235. The average molecular weight is 337 g/mol. The van der Waals surface area contributed by atoms with Crippen LogP contribution in [0.25, 0.3) is 11.4 Å². The Kier molecular flexibility index (Phi) is 3.64. The first-order chi connectivity index (χ1) is 12.1. The minimum atomic E-state index is -0.227. The van der Waals surface area contributed by atoms with Gasteiger partial charge in [0.15, 0.2) is 5.69 Å². The number of aryl methyl sites for hydroxylation is 1. The summed E-state index contributed by atoms with van der Waals surface area (Å²) in [6, 6.07) is 5.15. The highest BCUT2D eigenvalue weighted by molar-refractivity contribution is 5.92. The zero-order valence-corrected chi connectivity index (χ0v) is 13.5. The van der Waals surface area contributed by atoms with Gasteiger partial charge in [-0.1, -0.05) is 5.16 Å². The van der Waals surface area contributed by atoms with Crippen LogP contribution in [-0.4, -0.2) is 37.5 Å². The number of carbonyl (C=O) groups excluding carboxylic acids is 1. The number of nitrogens with zero attached hydrogens (tertiary/aromatic N) is 4. The molecule has 0 atom stereocenters. The second-order valence-electron chi connectivity index (χ2n) is 5.88. The van der Waals surface area contributed by atoms with Gasteiger partial charge < -0.3 is 14.4 Å². The molecule has 1 aliphatic rings. The van der Waals surface area contributed by atoms with Gasteiger partial charge in [0.1, 0.15) is 11.6 Å². The van der Waals surface area contributed by atoms with Crippen LogP contribution in [0.1, 0.15) is 27.5 Å². The van der Waals surface area contributed by atoms with E-state index in [0.29, 0.717) is 35.8 Å². The Balaban J connectivity index is 1.67. The number of aromatic amines is 1. The molecule has 0 aliphatic carbocycles. The van der Waals surface area contributed by atoms with Crippen molar-refractivity contribution in [3.05, 3.63) is 63.7 Å². The van der Waals surface area contributed by atoms with Crippen LogP contribution >= 0.6 is 0 Å². The number of rotatable bonds is 2. The molecule has 0 fully saturated rings. The standard InChI is InChI=1S/C17H15N5O3/c1-10-8-13(21-25-10)17(24)22-7-4-12-14(9-22)19-15(20-16(12)23)11-2-5-18-6-3-11/h2-3,5-6,8H,4,7,9H2,1H3,(H,19,20,23). The first-order valence-electron chi connectivity index (χ1n) is 7.87. The van der Waals surface area contributed by atoms with E-state index >= 15 is 0 Å². The van der Waals surface area contributed by atoms with Crippen molar-refractivity contribution in [2.75, 3.05) is 6.54 Å². The average Bonchev–Trinajstić information content (AvgIpc) is 3.07. The highest BCUT2D eigenvalue weighted by Crippen LogP contribution is 2.19. The topological polar surface area (TPSA) is 105 Å². The minimum absolute atomic E-state index is 0.166. The molecule has 25 heavy (non-hydrogen) atoms. The maximum Gasteiger partial charge on any atom is 0.276 e. The van der Waals surface area contributed by atoms with Crippen molar-refractivity contribution in [3.63, 3.8) is 0 Å². The molecule has 0 spiro atoms. The third-order valence-electron chi connectivity index (χ3n) is 4.16. The number of hydrogen-bond acceptors (Lipinski definition) is 6. The van der Waals surface area contributed by atoms with Crippen molar-refractivity contribution in [1.82, 2.24) is 25.0 Å². The Morgan fingerprint density at radius 1 is 1.32 bits per heavy atom. The minimum Gasteiger partial charge on any atom is -0.361 e. The molecule has 0 bridgehead atoms. The van der Waals surface area contributed by atoms with Gasteiger partial charge in [0, 0.05) is 36.1 Å². The molecule has 8 nitrogen and oxygen atoms in total. The van der Waals surface area contributed by atoms with Crippen LogP contribution in [0.5, 0.6) is 0 Å². The van der Waals surface area contributed by atoms with Crippen molar-refractivity contribution in [3.8, 4) is 11.4 Å². The van der Waals surface area contributed by atoms with E-state index in [1.54, 1.807) is 42.4 Å². The monoisotopic (exact) mass is 337 g/mol. The number of amides is 1. The van der Waals surface area contributed by atoms with Crippen LogP contribution in [0.3, 0.4) is 0 Å². The third kappa shape index (κ3) is 2.82. The number of hydrogen-bond donors (Lipinski definition) is 1. The molecule has 126 valence electrons. The number of aromatic nitrogens is 4. The molecule has 3 aromatic rings. The maximum absolute atomic E-state index is 12.5. The molecule has 0 radical (unpaired) electrons. The van der Waals surface area contributed by atoms with E-state index in [4.69, 9.17) is 4.52 Å². The second kappa shape index (κ2) is 5.97. The highest BCUT2D eigenvalue weighted by Gasteiger charge is 2.26. The quantitative estimate of drug-likeness (QED) is 0.756. The van der Waals surface area contributed by atoms with Crippen molar-refractivity contribution in [2.45, 2.75) is 19.9 Å². The summed E-state index contributed by atoms with van der Waals surface area (Å²) in [5.41, 5.74) is 2.10. The number of H-pyrrole nitrogens is 1. The van der Waals surface area contributed by atoms with Crippen LogP contribution in [0, 0.1) is 6.92 Å². The van der Waals surface area contributed by atoms with Crippen LogP contribution < -0.4 is 5.56 Å². The van der Waals surface area contributed by atoms with Gasteiger partial charge in [-0.25, -0.2) is 4.98 Å². The molecule has 0 saturated heterocycles. The van der Waals surface area contributed by atoms with E-state index in [2.05, 4.69) is 20.1 Å². The summed E-state index contributed by atoms with van der Waals surface area (Å²) in [6.45, 7) is 2.44. The first kappa shape index (κ1) is 15.3. The van der Waals surface area contributed by atoms with Gasteiger partial charge in [-0.3, -0.25) is 14.6 Å². The Bertz CT molecular complexity index is 993. The highest BCUT2D eigenvalue weighted by atomic mass is 16.5. The fourth-order valence-electron chi connectivity index (χ4n) is 2.89. The lowest BCUT2D eigenvalue weighted by molar-refractivity contribution is 0.0720. The number of pyridine rings is 1. The zero-order valence-electron chi connectivity index (χ0n) is 13.5. The number of nitrogens with one attached hydrogen (secondary N) is 1. The van der Waals surface area contributed by atoms with Gasteiger partial charge >= 0.3 is 0 Å². The zero-order chi connectivity index (χ0) is 17.4. The Labute approximate surface area is 142 Å². The van der Waals surface area contributed by atoms with E-state index < -0.39 is 0 Å². The molecule has 0 aromatic carbocycles. The summed E-state index contributed by atoms with van der Waals surface area (Å²) in [5.74, 6) is 0.822. The van der Waals surface area contributed by atoms with Gasteiger partial charge in [0.2, 0.25) is 0 Å². The van der Waals surface area contributed by atoms with Crippen molar-refractivity contribution in [1.29, 1.82) is 0 Å². The van der Waals surface area contributed by atoms with Crippen LogP contribution in [0.4, 0.5) is 0 Å². The number of fused-ring (bicyclic) bond motifs is 1. The normalized spacial score (nSPS) is 13.6. The number of carbonyl (C=O) groups is 1. The van der Waals surface area contributed by atoms with Crippen LogP contribution in [0.2, 0.25) is 0 Å². The predicted molar refractivity (Wildman–Crippen MR) is 87.8 cm³/mol. The predicted octanol–water partition coefficient (Wildman–Crippen LogP) is 1.33. The van der Waals surface area contributed by atoms with Gasteiger partial charge in [0.25, 0.3) is 11.5 Å². The van der Waals surface area contributed by atoms with E-state index in [0.717, 1.165) is 5.56 Å². The molecule has 1 amide bonds. The van der Waals surface area contributed by atoms with E-state index in [1.165, 1.54) is 0 Å². The van der Waals surface area contributed by atoms with Gasteiger partial charge in [0.05, 0.1) is 12.2 Å². The Morgan fingerprint density at radius 3 is 2.84 bits per heavy atom. The van der Waals surface area contributed by atoms with Crippen LogP contribution in [0.15, 0.2) is 39.9 Å². The molecule has 8 heteroatoms. The molecule has 4 heterocycles. The van der Waals surface area contributed by atoms with Gasteiger partial charge in [-0.2, -0.15) is 0 Å². The smallest absolute Gasteiger partial charge is 0.276 e. The Morgan fingerprint density at radius 2 is 2.12 bits per heavy atom. The van der Waals surface area contributed by atoms with E-state index in [9.17, 15) is 9.59 Å². The maximum atomic E-state index is 12.5. The molecule has 1 N–H and O–H groups in total. The third-order valence-corrected chi connectivity index (χ3v) is 4.16. The summed E-state index contributed by atoms with van der Waals surface area (Å²) >= 11 is 0. The summed E-state index contributed by atoms with van der Waals surface area (Å²) in [5, 5.41) is 3.77. The summed E-state index contributed by atoms with van der Waals surface area (Å²) in [6.07, 6.45) is 3.73. The largest absolute Gasteiger partial charge is 0.361 e. The van der Waals surface area contributed by atoms with E-state index in [-0.39, 0.29) is 23.7 Å². The molecule has 0 unspecified atom stereocenters. The molecule has 4 rings (SSSR count). The Hall–Kier alpha value is -3.29. The molecule has 3 aromatic heterocycles. The molecule has 0 saturated carbocycles. The molecule has 1 aliphatic heterocycles. The first-order valence-corrected chi connectivity index (χ1v) is 7.87. The lowest BCUT2D eigenvalue weighted by atomic mass is 10.1. The summed E-state index contributed by atoms with van der Waals surface area (Å²) in [4.78, 5) is 37.9. The SMILES string of the molecule is Cc1cc(C(=O)N2CCc3c(nc(-c4ccncc4)[nH]c3=O)C2)no1. The van der Waals surface area contributed by atoms with Gasteiger partial charge in [-0.05, 0) is 25.5 Å². The van der Waals surface area contributed by atoms with Crippen LogP contribution in [-0.2, 0) is 13.0 Å². The second-order valence-corrected chi connectivity index (χ2v) is 5.88. The van der Waals surface area contributed by atoms with E-state index in [1.807, 2.05) is 0 Å². The van der Waals surface area contributed by atoms with Gasteiger partial charge in [-0.15, -0.1) is 0 Å². The van der Waals surface area contributed by atoms with Crippen molar-refractivity contribution < 1.29 is 9.32 Å². The lowest BCUT2D eigenvalue weighted by Gasteiger charge is -2.27. The van der Waals surface area contributed by atoms with Crippen molar-refractivity contribution in [2.24, 2.45) is 0 Å². The summed E-state index contributed by atoms with van der Waals surface area (Å²) in [7, 11) is 0. The molecular weight excluding hydrogens is 322 g/mol. The molecular formula is C17H15N5O3. The van der Waals surface area contributed by atoms with Crippen molar-refractivity contribution >= 4 is 5.91 Å². The fourth-order valence-corrected chi connectivity index (χ4v) is 2.89. The summed E-state index contributed by atoms with van der Waals surface area (Å²) < 4.78 is 4.97.